The van der Waals surface area contributed by atoms with Crippen LogP contribution in [0.3, 0.4) is 0 Å². The number of unbranched alkanes of at least 4 members (excludes halogenated alkanes) is 1. The molecule has 1 amide bonds. The summed E-state index contributed by atoms with van der Waals surface area (Å²) >= 11 is 0. The van der Waals surface area contributed by atoms with E-state index >= 15 is 0 Å². The summed E-state index contributed by atoms with van der Waals surface area (Å²) in [6.07, 6.45) is 2.69. The summed E-state index contributed by atoms with van der Waals surface area (Å²) in [5, 5.41) is 18.8. The zero-order valence-electron chi connectivity index (χ0n) is 17.7. The molecule has 1 heterocycles. The number of carboxylic acid groups (broad SMARTS) is 2. The van der Waals surface area contributed by atoms with Crippen LogP contribution in [0.5, 0.6) is 5.75 Å². The van der Waals surface area contributed by atoms with Gasteiger partial charge >= 0.3 is 18.0 Å². The molecule has 0 aromatic heterocycles. The van der Waals surface area contributed by atoms with E-state index in [-0.39, 0.29) is 12.6 Å². The fraction of sp³-hybridized carbons (Fsp3) is 0.476. The standard InChI is InChI=1S/C17H25FN2O3.C4H4O4/c1-3-4-9-22-15-5-6-16(18)14(10-15)12-23-17(21)20-8-7-19-11-13(20)2;5-3(6)1-2-4(7)8/h5-6,10,13,19H,3-4,7-9,11-12H2,1-2H3;1-2H,(H,5,6)(H,7,8). The fourth-order valence-electron chi connectivity index (χ4n) is 2.56. The second-order valence-corrected chi connectivity index (χ2v) is 6.77. The van der Waals surface area contributed by atoms with E-state index < -0.39 is 23.8 Å². The molecule has 0 saturated carbocycles. The van der Waals surface area contributed by atoms with Gasteiger partial charge in [-0.2, -0.15) is 0 Å². The maximum Gasteiger partial charge on any atom is 0.410 e. The third-order valence-electron chi connectivity index (χ3n) is 4.24. The molecular weight excluding hydrogens is 411 g/mol. The van der Waals surface area contributed by atoms with Crippen LogP contribution in [0.15, 0.2) is 30.4 Å². The van der Waals surface area contributed by atoms with E-state index in [0.29, 0.717) is 36.6 Å². The van der Waals surface area contributed by atoms with Gasteiger partial charge in [-0.05, 0) is 31.5 Å². The Morgan fingerprint density at radius 3 is 2.52 bits per heavy atom. The van der Waals surface area contributed by atoms with E-state index in [1.807, 2.05) is 6.92 Å². The van der Waals surface area contributed by atoms with Crippen LogP contribution in [0.4, 0.5) is 9.18 Å². The van der Waals surface area contributed by atoms with Gasteiger partial charge in [0.05, 0.1) is 6.61 Å². The lowest BCUT2D eigenvalue weighted by Gasteiger charge is -2.33. The molecule has 0 aliphatic carbocycles. The average Bonchev–Trinajstić information content (AvgIpc) is 2.73. The van der Waals surface area contributed by atoms with Gasteiger partial charge in [0.25, 0.3) is 0 Å². The molecule has 1 aromatic rings. The van der Waals surface area contributed by atoms with E-state index in [0.717, 1.165) is 25.9 Å². The Bertz CT molecular complexity index is 754. The number of rotatable bonds is 8. The summed E-state index contributed by atoms with van der Waals surface area (Å²) in [6.45, 7) is 6.62. The van der Waals surface area contributed by atoms with Gasteiger partial charge in [0.2, 0.25) is 0 Å². The van der Waals surface area contributed by atoms with Gasteiger partial charge in [-0.3, -0.25) is 0 Å². The third-order valence-corrected chi connectivity index (χ3v) is 4.24. The van der Waals surface area contributed by atoms with Crippen LogP contribution in [0, 0.1) is 5.82 Å². The summed E-state index contributed by atoms with van der Waals surface area (Å²) in [6, 6.07) is 4.61. The monoisotopic (exact) mass is 440 g/mol. The highest BCUT2D eigenvalue weighted by Gasteiger charge is 2.24. The Morgan fingerprint density at radius 2 is 1.94 bits per heavy atom. The molecule has 1 atom stereocenters. The van der Waals surface area contributed by atoms with Crippen molar-refractivity contribution in [1.82, 2.24) is 10.2 Å². The predicted octanol–water partition coefficient (Wildman–Crippen LogP) is 2.65. The Morgan fingerprint density at radius 1 is 1.26 bits per heavy atom. The Balaban J connectivity index is 0.000000512. The molecule has 0 bridgehead atoms. The van der Waals surface area contributed by atoms with Gasteiger partial charge < -0.3 is 29.9 Å². The van der Waals surface area contributed by atoms with Crippen molar-refractivity contribution in [2.75, 3.05) is 26.2 Å². The molecule has 1 aliphatic heterocycles. The van der Waals surface area contributed by atoms with Crippen LogP contribution in [0.2, 0.25) is 0 Å². The highest BCUT2D eigenvalue weighted by molar-refractivity contribution is 5.89. The number of halogens is 1. The highest BCUT2D eigenvalue weighted by Crippen LogP contribution is 2.19. The molecular formula is C21H29FN2O7. The van der Waals surface area contributed by atoms with Gasteiger partial charge in [-0.15, -0.1) is 0 Å². The first kappa shape index (κ1) is 25.9. The first-order valence-electron chi connectivity index (χ1n) is 9.93. The van der Waals surface area contributed by atoms with Crippen LogP contribution < -0.4 is 10.1 Å². The van der Waals surface area contributed by atoms with Gasteiger partial charge in [0, 0.05) is 43.4 Å². The van der Waals surface area contributed by atoms with Crippen molar-refractivity contribution in [3.63, 3.8) is 0 Å². The molecule has 1 saturated heterocycles. The van der Waals surface area contributed by atoms with Crippen LogP contribution in [0.25, 0.3) is 0 Å². The highest BCUT2D eigenvalue weighted by atomic mass is 19.1. The normalized spacial score (nSPS) is 15.7. The molecule has 1 aromatic carbocycles. The predicted molar refractivity (Wildman–Crippen MR) is 110 cm³/mol. The summed E-state index contributed by atoms with van der Waals surface area (Å²) < 4.78 is 24.7. The minimum Gasteiger partial charge on any atom is -0.494 e. The number of aliphatic carboxylic acids is 2. The number of ether oxygens (including phenoxy) is 2. The molecule has 3 N–H and O–H groups in total. The zero-order valence-corrected chi connectivity index (χ0v) is 17.7. The molecule has 0 spiro atoms. The lowest BCUT2D eigenvalue weighted by atomic mass is 10.2. The molecule has 10 heteroatoms. The van der Waals surface area contributed by atoms with Crippen molar-refractivity contribution >= 4 is 18.0 Å². The summed E-state index contributed by atoms with van der Waals surface area (Å²) in [5.74, 6) is -2.31. The van der Waals surface area contributed by atoms with E-state index in [1.165, 1.54) is 6.07 Å². The number of piperazine rings is 1. The number of amides is 1. The van der Waals surface area contributed by atoms with Crippen molar-refractivity contribution in [2.45, 2.75) is 39.3 Å². The summed E-state index contributed by atoms with van der Waals surface area (Å²) in [7, 11) is 0. The van der Waals surface area contributed by atoms with Crippen molar-refractivity contribution in [2.24, 2.45) is 0 Å². The maximum atomic E-state index is 13.9. The average molecular weight is 440 g/mol. The molecule has 9 nitrogen and oxygen atoms in total. The summed E-state index contributed by atoms with van der Waals surface area (Å²) in [4.78, 5) is 32.9. The number of carbonyl (C=O) groups excluding carboxylic acids is 1. The number of nitrogens with one attached hydrogen (secondary N) is 1. The van der Waals surface area contributed by atoms with Gasteiger partial charge in [-0.25, -0.2) is 18.8 Å². The van der Waals surface area contributed by atoms with Crippen LogP contribution in [-0.4, -0.2) is 65.4 Å². The second-order valence-electron chi connectivity index (χ2n) is 6.77. The quantitative estimate of drug-likeness (QED) is 0.416. The van der Waals surface area contributed by atoms with Crippen LogP contribution in [0.1, 0.15) is 32.3 Å². The maximum absolute atomic E-state index is 13.9. The number of hydrogen-bond acceptors (Lipinski definition) is 6. The molecule has 1 unspecified atom stereocenters. The topological polar surface area (TPSA) is 125 Å². The van der Waals surface area contributed by atoms with E-state index in [4.69, 9.17) is 19.7 Å². The largest absolute Gasteiger partial charge is 0.494 e. The third kappa shape index (κ3) is 10.4. The first-order chi connectivity index (χ1) is 14.7. The number of carbonyl (C=O) groups is 3. The molecule has 31 heavy (non-hydrogen) atoms. The van der Waals surface area contributed by atoms with Gasteiger partial charge in [-0.1, -0.05) is 13.3 Å². The van der Waals surface area contributed by atoms with E-state index in [2.05, 4.69) is 12.2 Å². The van der Waals surface area contributed by atoms with Crippen molar-refractivity contribution in [3.8, 4) is 5.75 Å². The SMILES string of the molecule is CCCCOc1ccc(F)c(COC(=O)N2CCNCC2C)c1.O=C(O)C=CC(=O)O. The molecule has 1 fully saturated rings. The van der Waals surface area contributed by atoms with Gasteiger partial charge in [0.15, 0.2) is 0 Å². The first-order valence-corrected chi connectivity index (χ1v) is 9.93. The minimum absolute atomic E-state index is 0.0739. The molecule has 172 valence electrons. The van der Waals surface area contributed by atoms with Crippen LogP contribution >= 0.6 is 0 Å². The van der Waals surface area contributed by atoms with Crippen molar-refractivity contribution < 1.29 is 38.5 Å². The number of carboxylic acids is 2. The zero-order chi connectivity index (χ0) is 23.2. The van der Waals surface area contributed by atoms with Crippen molar-refractivity contribution in [1.29, 1.82) is 0 Å². The molecule has 2 rings (SSSR count). The van der Waals surface area contributed by atoms with Crippen LogP contribution in [-0.2, 0) is 20.9 Å². The lowest BCUT2D eigenvalue weighted by Crippen LogP contribution is -2.52. The molecule has 0 radical (unpaired) electrons. The smallest absolute Gasteiger partial charge is 0.410 e. The number of nitrogens with zero attached hydrogens (tertiary/aromatic N) is 1. The molecule has 1 aliphatic rings. The fourth-order valence-corrected chi connectivity index (χ4v) is 2.56. The lowest BCUT2D eigenvalue weighted by molar-refractivity contribution is -0.134. The Labute approximate surface area is 180 Å². The number of benzene rings is 1. The Kier molecular flexibility index (Phi) is 11.7. The van der Waals surface area contributed by atoms with E-state index in [1.54, 1.807) is 17.0 Å². The second kappa shape index (κ2) is 14.0. The minimum atomic E-state index is -1.26. The van der Waals surface area contributed by atoms with Crippen molar-refractivity contribution in [3.05, 3.63) is 41.7 Å². The van der Waals surface area contributed by atoms with Gasteiger partial charge in [0.1, 0.15) is 18.2 Å². The Hall–Kier alpha value is -3.14. The van der Waals surface area contributed by atoms with E-state index in [9.17, 15) is 18.8 Å². The summed E-state index contributed by atoms with van der Waals surface area (Å²) in [5.41, 5.74) is 0.329. The number of hydrogen-bond donors (Lipinski definition) is 3.